The fourth-order valence-corrected chi connectivity index (χ4v) is 3.02. The van der Waals surface area contributed by atoms with Crippen LogP contribution >= 0.6 is 23.2 Å². The minimum Gasteiger partial charge on any atom is -0.388 e. The third kappa shape index (κ3) is 2.72. The van der Waals surface area contributed by atoms with Crippen molar-refractivity contribution in [3.05, 3.63) is 62.9 Å². The van der Waals surface area contributed by atoms with Crippen molar-refractivity contribution in [2.45, 2.75) is 27.0 Å². The van der Waals surface area contributed by atoms with Crippen molar-refractivity contribution in [2.24, 2.45) is 0 Å². The Hall–Kier alpha value is -1.55. The van der Waals surface area contributed by atoms with Crippen LogP contribution in [-0.4, -0.2) is 14.7 Å². The Morgan fingerprint density at radius 2 is 1.82 bits per heavy atom. The predicted molar refractivity (Wildman–Crippen MR) is 90.7 cm³/mol. The number of aromatic nitrogens is 2. The Bertz CT molecular complexity index is 855. The number of aliphatic hydroxyl groups is 1. The van der Waals surface area contributed by atoms with E-state index in [0.717, 1.165) is 16.6 Å². The monoisotopic (exact) mass is 334 g/mol. The molecule has 0 aliphatic carbocycles. The molecule has 0 aliphatic heterocycles. The summed E-state index contributed by atoms with van der Waals surface area (Å²) < 4.78 is 2.00. The summed E-state index contributed by atoms with van der Waals surface area (Å²) in [6.07, 6.45) is 0. The van der Waals surface area contributed by atoms with Crippen LogP contribution in [0.15, 0.2) is 30.3 Å². The van der Waals surface area contributed by atoms with Crippen molar-refractivity contribution in [3.63, 3.8) is 0 Å². The minimum absolute atomic E-state index is 0.113. The quantitative estimate of drug-likeness (QED) is 0.765. The maximum atomic E-state index is 9.61. The zero-order valence-corrected chi connectivity index (χ0v) is 13.9. The van der Waals surface area contributed by atoms with Gasteiger partial charge in [-0.25, -0.2) is 4.98 Å². The van der Waals surface area contributed by atoms with Crippen molar-refractivity contribution in [2.75, 3.05) is 0 Å². The molecule has 1 N–H and O–H groups in total. The first kappa shape index (κ1) is 15.3. The molecule has 0 atom stereocenters. The average molecular weight is 335 g/mol. The van der Waals surface area contributed by atoms with E-state index in [0.29, 0.717) is 22.4 Å². The van der Waals surface area contributed by atoms with Gasteiger partial charge >= 0.3 is 0 Å². The van der Waals surface area contributed by atoms with Crippen molar-refractivity contribution in [3.8, 4) is 0 Å². The number of aryl methyl sites for hydroxylation is 2. The van der Waals surface area contributed by atoms with E-state index in [2.05, 4.69) is 24.9 Å². The Labute approximate surface area is 139 Å². The summed E-state index contributed by atoms with van der Waals surface area (Å²) in [5, 5.41) is 10.8. The van der Waals surface area contributed by atoms with E-state index in [1.165, 1.54) is 11.1 Å². The standard InChI is InChI=1S/C17H16Cl2N2O/c1-10-5-15-16(6-11(10)2)21(17(9-22)20-15)8-12-3-4-13(18)7-14(12)19/h3-7,22H,8-9H2,1-2H3. The van der Waals surface area contributed by atoms with Crippen LogP contribution in [0.4, 0.5) is 0 Å². The third-order valence-corrected chi connectivity index (χ3v) is 4.51. The average Bonchev–Trinajstić information content (AvgIpc) is 2.80. The maximum absolute atomic E-state index is 9.61. The Morgan fingerprint density at radius 1 is 1.09 bits per heavy atom. The summed E-state index contributed by atoms with van der Waals surface area (Å²) in [6, 6.07) is 9.59. The molecule has 5 heteroatoms. The van der Waals surface area contributed by atoms with Crippen LogP contribution in [0.3, 0.4) is 0 Å². The summed E-state index contributed by atoms with van der Waals surface area (Å²) in [5.74, 6) is 0.631. The van der Waals surface area contributed by atoms with E-state index in [1.807, 2.05) is 22.8 Å². The van der Waals surface area contributed by atoms with Gasteiger partial charge in [0.15, 0.2) is 0 Å². The van der Waals surface area contributed by atoms with Crippen LogP contribution in [0.2, 0.25) is 10.0 Å². The number of hydrogen-bond acceptors (Lipinski definition) is 2. The number of halogens is 2. The lowest BCUT2D eigenvalue weighted by Crippen LogP contribution is -2.05. The van der Waals surface area contributed by atoms with E-state index in [1.54, 1.807) is 6.07 Å². The van der Waals surface area contributed by atoms with Crippen molar-refractivity contribution < 1.29 is 5.11 Å². The summed E-state index contributed by atoms with van der Waals surface area (Å²) in [5.41, 5.74) is 5.21. The van der Waals surface area contributed by atoms with Gasteiger partial charge in [0, 0.05) is 10.0 Å². The molecule has 114 valence electrons. The number of aliphatic hydroxyl groups excluding tert-OH is 1. The molecule has 1 aromatic heterocycles. The molecular weight excluding hydrogens is 319 g/mol. The number of hydrogen-bond donors (Lipinski definition) is 1. The molecule has 2 aromatic carbocycles. The fraction of sp³-hybridized carbons (Fsp3) is 0.235. The topological polar surface area (TPSA) is 38.1 Å². The molecule has 3 nitrogen and oxygen atoms in total. The Morgan fingerprint density at radius 3 is 2.50 bits per heavy atom. The maximum Gasteiger partial charge on any atom is 0.136 e. The van der Waals surface area contributed by atoms with Crippen LogP contribution in [0.5, 0.6) is 0 Å². The van der Waals surface area contributed by atoms with Gasteiger partial charge in [0.05, 0.1) is 17.6 Å². The second-order valence-corrected chi connectivity index (χ2v) is 6.28. The third-order valence-electron chi connectivity index (χ3n) is 3.93. The summed E-state index contributed by atoms with van der Waals surface area (Å²) in [4.78, 5) is 4.52. The number of rotatable bonds is 3. The smallest absolute Gasteiger partial charge is 0.136 e. The molecule has 0 radical (unpaired) electrons. The summed E-state index contributed by atoms with van der Waals surface area (Å²) >= 11 is 12.2. The SMILES string of the molecule is Cc1cc2nc(CO)n(Cc3ccc(Cl)cc3Cl)c2cc1C. The molecule has 0 spiro atoms. The molecule has 0 aliphatic rings. The van der Waals surface area contributed by atoms with Gasteiger partial charge in [-0.05, 0) is 54.8 Å². The number of benzene rings is 2. The molecule has 22 heavy (non-hydrogen) atoms. The molecule has 0 saturated heterocycles. The van der Waals surface area contributed by atoms with Gasteiger partial charge in [0.25, 0.3) is 0 Å². The van der Waals surface area contributed by atoms with E-state index in [9.17, 15) is 5.11 Å². The Kier molecular flexibility index (Phi) is 4.13. The van der Waals surface area contributed by atoms with Crippen LogP contribution in [0.1, 0.15) is 22.5 Å². The predicted octanol–water partition coefficient (Wildman–Crippen LogP) is 4.50. The summed E-state index contributed by atoms with van der Waals surface area (Å²) in [7, 11) is 0. The first-order valence-corrected chi connectivity index (χ1v) is 7.76. The van der Waals surface area contributed by atoms with Gasteiger partial charge in [-0.1, -0.05) is 29.3 Å². The van der Waals surface area contributed by atoms with Crippen LogP contribution in [-0.2, 0) is 13.2 Å². The van der Waals surface area contributed by atoms with Gasteiger partial charge in [-0.15, -0.1) is 0 Å². The molecule has 0 amide bonds. The molecule has 0 fully saturated rings. The largest absolute Gasteiger partial charge is 0.388 e. The lowest BCUT2D eigenvalue weighted by Gasteiger charge is -2.10. The highest BCUT2D eigenvalue weighted by atomic mass is 35.5. The highest BCUT2D eigenvalue weighted by molar-refractivity contribution is 6.35. The molecule has 0 unspecified atom stereocenters. The number of imidazole rings is 1. The zero-order valence-electron chi connectivity index (χ0n) is 12.4. The first-order valence-electron chi connectivity index (χ1n) is 7.00. The summed E-state index contributed by atoms with van der Waals surface area (Å²) in [6.45, 7) is 4.56. The van der Waals surface area contributed by atoms with E-state index >= 15 is 0 Å². The normalized spacial score (nSPS) is 11.3. The van der Waals surface area contributed by atoms with Crippen molar-refractivity contribution in [1.82, 2.24) is 9.55 Å². The molecule has 1 heterocycles. The van der Waals surface area contributed by atoms with Gasteiger partial charge in [-0.2, -0.15) is 0 Å². The van der Waals surface area contributed by atoms with E-state index < -0.39 is 0 Å². The zero-order chi connectivity index (χ0) is 15.9. The second kappa shape index (κ2) is 5.92. The highest BCUT2D eigenvalue weighted by Gasteiger charge is 2.13. The van der Waals surface area contributed by atoms with Gasteiger partial charge in [0.2, 0.25) is 0 Å². The minimum atomic E-state index is -0.113. The highest BCUT2D eigenvalue weighted by Crippen LogP contribution is 2.26. The number of fused-ring (bicyclic) bond motifs is 1. The lowest BCUT2D eigenvalue weighted by molar-refractivity contribution is 0.267. The van der Waals surface area contributed by atoms with Gasteiger partial charge in [-0.3, -0.25) is 0 Å². The van der Waals surface area contributed by atoms with E-state index in [-0.39, 0.29) is 6.61 Å². The van der Waals surface area contributed by atoms with Crippen LogP contribution in [0, 0.1) is 13.8 Å². The number of nitrogens with zero attached hydrogens (tertiary/aromatic N) is 2. The Balaban J connectivity index is 2.14. The molecule has 0 saturated carbocycles. The van der Waals surface area contributed by atoms with Crippen molar-refractivity contribution in [1.29, 1.82) is 0 Å². The molecule has 3 aromatic rings. The fourth-order valence-electron chi connectivity index (χ4n) is 2.55. The molecule has 0 bridgehead atoms. The molecule has 3 rings (SSSR count). The van der Waals surface area contributed by atoms with E-state index in [4.69, 9.17) is 23.2 Å². The van der Waals surface area contributed by atoms with Gasteiger partial charge < -0.3 is 9.67 Å². The van der Waals surface area contributed by atoms with Crippen molar-refractivity contribution >= 4 is 34.2 Å². The second-order valence-electron chi connectivity index (χ2n) is 5.43. The first-order chi connectivity index (χ1) is 10.5. The molecular formula is C17H16Cl2N2O. The lowest BCUT2D eigenvalue weighted by atomic mass is 10.1. The van der Waals surface area contributed by atoms with Crippen LogP contribution < -0.4 is 0 Å². The van der Waals surface area contributed by atoms with Crippen LogP contribution in [0.25, 0.3) is 11.0 Å². The van der Waals surface area contributed by atoms with Gasteiger partial charge in [0.1, 0.15) is 12.4 Å².